The van der Waals surface area contributed by atoms with Gasteiger partial charge in [0, 0.05) is 17.8 Å². The molecule has 1 N–H and O–H groups in total. The molecule has 0 aliphatic rings. The summed E-state index contributed by atoms with van der Waals surface area (Å²) in [5.41, 5.74) is 4.21. The van der Waals surface area contributed by atoms with E-state index in [0.717, 1.165) is 23.4 Å². The number of anilines is 1. The highest BCUT2D eigenvalue weighted by Crippen LogP contribution is 2.22. The molecule has 0 fully saturated rings. The molecule has 0 saturated carbocycles. The third-order valence-electron chi connectivity index (χ3n) is 3.37. The van der Waals surface area contributed by atoms with Crippen LogP contribution >= 0.6 is 0 Å². The van der Waals surface area contributed by atoms with E-state index < -0.39 is 0 Å². The van der Waals surface area contributed by atoms with E-state index in [1.165, 1.54) is 18.4 Å². The van der Waals surface area contributed by atoms with Gasteiger partial charge in [-0.2, -0.15) is 0 Å². The van der Waals surface area contributed by atoms with Gasteiger partial charge in [-0.1, -0.05) is 49.7 Å². The highest BCUT2D eigenvalue weighted by Gasteiger charge is 2.01. The van der Waals surface area contributed by atoms with Crippen molar-refractivity contribution in [2.45, 2.75) is 26.7 Å². The third kappa shape index (κ3) is 3.70. The SMILES string of the molecule is CCCCNc1ccc(-c2ccc(C(C)=O)cc2)cc1. The molecule has 2 aromatic carbocycles. The Morgan fingerprint density at radius 2 is 1.50 bits per heavy atom. The zero-order valence-corrected chi connectivity index (χ0v) is 12.1. The van der Waals surface area contributed by atoms with Crippen molar-refractivity contribution in [2.24, 2.45) is 0 Å². The Balaban J connectivity index is 2.07. The molecule has 2 heteroatoms. The van der Waals surface area contributed by atoms with Crippen molar-refractivity contribution in [3.05, 3.63) is 54.1 Å². The Morgan fingerprint density at radius 1 is 0.950 bits per heavy atom. The fourth-order valence-corrected chi connectivity index (χ4v) is 2.09. The fraction of sp³-hybridized carbons (Fsp3) is 0.278. The fourth-order valence-electron chi connectivity index (χ4n) is 2.09. The van der Waals surface area contributed by atoms with E-state index in [-0.39, 0.29) is 5.78 Å². The summed E-state index contributed by atoms with van der Waals surface area (Å²) < 4.78 is 0. The van der Waals surface area contributed by atoms with E-state index in [9.17, 15) is 4.79 Å². The summed E-state index contributed by atoms with van der Waals surface area (Å²) >= 11 is 0. The quantitative estimate of drug-likeness (QED) is 0.603. The summed E-state index contributed by atoms with van der Waals surface area (Å²) in [7, 11) is 0. The van der Waals surface area contributed by atoms with Crippen molar-refractivity contribution in [3.63, 3.8) is 0 Å². The summed E-state index contributed by atoms with van der Waals surface area (Å²) in [5, 5.41) is 3.40. The maximum absolute atomic E-state index is 11.3. The minimum absolute atomic E-state index is 0.104. The number of unbranched alkanes of at least 4 members (excludes halogenated alkanes) is 1. The number of hydrogen-bond acceptors (Lipinski definition) is 2. The number of carbonyl (C=O) groups excluding carboxylic acids is 1. The van der Waals surface area contributed by atoms with Crippen molar-refractivity contribution < 1.29 is 4.79 Å². The maximum atomic E-state index is 11.3. The molecule has 0 aromatic heterocycles. The predicted molar refractivity (Wildman–Crippen MR) is 85.3 cm³/mol. The summed E-state index contributed by atoms with van der Waals surface area (Å²) in [4.78, 5) is 11.3. The minimum Gasteiger partial charge on any atom is -0.385 e. The van der Waals surface area contributed by atoms with E-state index in [1.54, 1.807) is 6.92 Å². The molecule has 0 saturated heterocycles. The molecule has 0 atom stereocenters. The van der Waals surface area contributed by atoms with Crippen molar-refractivity contribution >= 4 is 11.5 Å². The number of carbonyl (C=O) groups is 1. The van der Waals surface area contributed by atoms with Gasteiger partial charge in [-0.3, -0.25) is 4.79 Å². The minimum atomic E-state index is 0.104. The standard InChI is InChI=1S/C18H21NO/c1-3-4-13-19-18-11-9-17(10-12-18)16-7-5-15(6-8-16)14(2)20/h5-12,19H,3-4,13H2,1-2H3. The van der Waals surface area contributed by atoms with Gasteiger partial charge in [0.1, 0.15) is 0 Å². The van der Waals surface area contributed by atoms with Gasteiger partial charge < -0.3 is 5.32 Å². The van der Waals surface area contributed by atoms with Crippen LogP contribution in [0.2, 0.25) is 0 Å². The summed E-state index contributed by atoms with van der Waals surface area (Å²) in [6.45, 7) is 4.80. The number of ketones is 1. The Labute approximate surface area is 120 Å². The second-order valence-electron chi connectivity index (χ2n) is 4.99. The molecule has 0 aliphatic carbocycles. The molecule has 0 bridgehead atoms. The zero-order chi connectivity index (χ0) is 14.4. The molecule has 20 heavy (non-hydrogen) atoms. The molecular weight excluding hydrogens is 246 g/mol. The number of nitrogens with one attached hydrogen (secondary N) is 1. The first-order valence-electron chi connectivity index (χ1n) is 7.16. The van der Waals surface area contributed by atoms with Crippen LogP contribution in [-0.2, 0) is 0 Å². The number of rotatable bonds is 6. The van der Waals surface area contributed by atoms with E-state index in [2.05, 4.69) is 36.5 Å². The monoisotopic (exact) mass is 267 g/mol. The lowest BCUT2D eigenvalue weighted by Crippen LogP contribution is -2.00. The van der Waals surface area contributed by atoms with Gasteiger partial charge in [-0.05, 0) is 36.6 Å². The van der Waals surface area contributed by atoms with Crippen LogP contribution in [0, 0.1) is 0 Å². The number of benzene rings is 2. The van der Waals surface area contributed by atoms with Gasteiger partial charge in [0.15, 0.2) is 5.78 Å². The molecule has 0 unspecified atom stereocenters. The first-order valence-corrected chi connectivity index (χ1v) is 7.16. The molecular formula is C18H21NO. The Hall–Kier alpha value is -2.09. The Bertz CT molecular complexity index is 555. The summed E-state index contributed by atoms with van der Waals surface area (Å²) in [6, 6.07) is 16.2. The van der Waals surface area contributed by atoms with Crippen molar-refractivity contribution in [3.8, 4) is 11.1 Å². The molecule has 0 aliphatic heterocycles. The van der Waals surface area contributed by atoms with Gasteiger partial charge in [0.05, 0.1) is 0 Å². The van der Waals surface area contributed by atoms with E-state index >= 15 is 0 Å². The van der Waals surface area contributed by atoms with Gasteiger partial charge in [-0.25, -0.2) is 0 Å². The van der Waals surface area contributed by atoms with Gasteiger partial charge in [-0.15, -0.1) is 0 Å². The number of Topliss-reactive ketones (excluding diaryl/α,β-unsaturated/α-hetero) is 1. The summed E-state index contributed by atoms with van der Waals surface area (Å²) in [6.07, 6.45) is 2.39. The van der Waals surface area contributed by atoms with Crippen LogP contribution in [0.15, 0.2) is 48.5 Å². The molecule has 104 valence electrons. The average Bonchev–Trinajstić information content (AvgIpc) is 2.48. The molecule has 2 rings (SSSR count). The highest BCUT2D eigenvalue weighted by molar-refractivity contribution is 5.94. The smallest absolute Gasteiger partial charge is 0.159 e. The summed E-state index contributed by atoms with van der Waals surface area (Å²) in [5.74, 6) is 0.104. The first kappa shape index (κ1) is 14.3. The average molecular weight is 267 g/mol. The second kappa shape index (κ2) is 6.90. The van der Waals surface area contributed by atoms with Crippen LogP contribution in [0.3, 0.4) is 0 Å². The molecule has 0 amide bonds. The topological polar surface area (TPSA) is 29.1 Å². The maximum Gasteiger partial charge on any atom is 0.159 e. The lowest BCUT2D eigenvalue weighted by Gasteiger charge is -2.07. The van der Waals surface area contributed by atoms with Crippen LogP contribution in [0.5, 0.6) is 0 Å². The lowest BCUT2D eigenvalue weighted by molar-refractivity contribution is 0.101. The molecule has 2 aromatic rings. The molecule has 0 spiro atoms. The Morgan fingerprint density at radius 3 is 2.00 bits per heavy atom. The molecule has 0 radical (unpaired) electrons. The predicted octanol–water partition coefficient (Wildman–Crippen LogP) is 4.77. The van der Waals surface area contributed by atoms with Crippen LogP contribution in [0.1, 0.15) is 37.0 Å². The van der Waals surface area contributed by atoms with Gasteiger partial charge in [0.2, 0.25) is 0 Å². The second-order valence-corrected chi connectivity index (χ2v) is 4.99. The van der Waals surface area contributed by atoms with Crippen LogP contribution in [0.25, 0.3) is 11.1 Å². The van der Waals surface area contributed by atoms with Crippen molar-refractivity contribution in [1.29, 1.82) is 0 Å². The van der Waals surface area contributed by atoms with E-state index in [1.807, 2.05) is 24.3 Å². The van der Waals surface area contributed by atoms with Crippen LogP contribution in [-0.4, -0.2) is 12.3 Å². The van der Waals surface area contributed by atoms with Gasteiger partial charge >= 0.3 is 0 Å². The molecule has 0 heterocycles. The van der Waals surface area contributed by atoms with Crippen molar-refractivity contribution in [1.82, 2.24) is 0 Å². The Kier molecular flexibility index (Phi) is 4.94. The van der Waals surface area contributed by atoms with Crippen LogP contribution in [0.4, 0.5) is 5.69 Å². The third-order valence-corrected chi connectivity index (χ3v) is 3.37. The largest absolute Gasteiger partial charge is 0.385 e. The van der Waals surface area contributed by atoms with Gasteiger partial charge in [0.25, 0.3) is 0 Å². The van der Waals surface area contributed by atoms with E-state index in [0.29, 0.717) is 0 Å². The highest BCUT2D eigenvalue weighted by atomic mass is 16.1. The van der Waals surface area contributed by atoms with Crippen LogP contribution < -0.4 is 5.32 Å². The zero-order valence-electron chi connectivity index (χ0n) is 12.1. The normalized spacial score (nSPS) is 10.3. The van der Waals surface area contributed by atoms with E-state index in [4.69, 9.17) is 0 Å². The van der Waals surface area contributed by atoms with Crippen molar-refractivity contribution in [2.75, 3.05) is 11.9 Å². The molecule has 2 nitrogen and oxygen atoms in total. The first-order chi connectivity index (χ1) is 9.70. The lowest BCUT2D eigenvalue weighted by atomic mass is 10.0. The number of hydrogen-bond donors (Lipinski definition) is 1.